The highest BCUT2D eigenvalue weighted by Crippen LogP contribution is 2.14. The summed E-state index contributed by atoms with van der Waals surface area (Å²) in [7, 11) is 0. The Balaban J connectivity index is 2.15. The Kier molecular flexibility index (Phi) is 3.02. The second-order valence-electron chi connectivity index (χ2n) is 3.19. The first kappa shape index (κ1) is 10.2. The van der Waals surface area contributed by atoms with Gasteiger partial charge in [0, 0.05) is 10.0 Å². The third kappa shape index (κ3) is 2.57. The van der Waals surface area contributed by atoms with Crippen molar-refractivity contribution >= 4 is 21.7 Å². The summed E-state index contributed by atoms with van der Waals surface area (Å²) >= 11 is 3.33. The van der Waals surface area contributed by atoms with Gasteiger partial charge in [-0.05, 0) is 24.3 Å². The Hall–Kier alpha value is -1.35. The van der Waals surface area contributed by atoms with E-state index in [2.05, 4.69) is 15.9 Å². The van der Waals surface area contributed by atoms with Crippen molar-refractivity contribution in [2.24, 2.45) is 0 Å². The van der Waals surface area contributed by atoms with Gasteiger partial charge < -0.3 is 4.42 Å². The van der Waals surface area contributed by atoms with E-state index in [4.69, 9.17) is 4.42 Å². The number of benzene rings is 1. The van der Waals surface area contributed by atoms with E-state index in [0.717, 1.165) is 4.47 Å². The van der Waals surface area contributed by atoms with E-state index in [1.54, 1.807) is 24.5 Å². The lowest BCUT2D eigenvalue weighted by molar-refractivity contribution is 0.0987. The lowest BCUT2D eigenvalue weighted by Crippen LogP contribution is -2.02. The Morgan fingerprint density at radius 2 is 2.13 bits per heavy atom. The molecule has 0 aliphatic carbocycles. The van der Waals surface area contributed by atoms with E-state index in [-0.39, 0.29) is 5.78 Å². The Morgan fingerprint density at radius 1 is 1.27 bits per heavy atom. The van der Waals surface area contributed by atoms with Crippen molar-refractivity contribution in [1.82, 2.24) is 0 Å². The van der Waals surface area contributed by atoms with Crippen LogP contribution in [0.15, 0.2) is 51.6 Å². The summed E-state index contributed by atoms with van der Waals surface area (Å²) < 4.78 is 6.03. The van der Waals surface area contributed by atoms with Gasteiger partial charge in [-0.3, -0.25) is 4.79 Å². The summed E-state index contributed by atoms with van der Waals surface area (Å²) in [5.41, 5.74) is 0.695. The Bertz CT molecular complexity index is 460. The molecule has 0 spiro atoms. The van der Waals surface area contributed by atoms with Gasteiger partial charge in [0.05, 0.1) is 12.7 Å². The molecule has 0 N–H and O–H groups in total. The van der Waals surface area contributed by atoms with Gasteiger partial charge in [0.2, 0.25) is 0 Å². The quantitative estimate of drug-likeness (QED) is 0.795. The van der Waals surface area contributed by atoms with Gasteiger partial charge >= 0.3 is 0 Å². The Morgan fingerprint density at radius 3 is 2.80 bits per heavy atom. The second kappa shape index (κ2) is 4.45. The monoisotopic (exact) mass is 264 g/mol. The molecule has 1 aromatic heterocycles. The predicted octanol–water partition coefficient (Wildman–Crippen LogP) is 3.47. The zero-order valence-corrected chi connectivity index (χ0v) is 9.53. The highest BCUT2D eigenvalue weighted by Gasteiger charge is 2.08. The zero-order chi connectivity index (χ0) is 10.7. The van der Waals surface area contributed by atoms with E-state index in [1.807, 2.05) is 18.2 Å². The molecule has 1 heterocycles. The minimum atomic E-state index is 0.0613. The van der Waals surface area contributed by atoms with Gasteiger partial charge in [0.1, 0.15) is 5.76 Å². The molecule has 76 valence electrons. The van der Waals surface area contributed by atoms with E-state index in [1.165, 1.54) is 0 Å². The van der Waals surface area contributed by atoms with Crippen LogP contribution in [-0.2, 0) is 6.42 Å². The molecule has 0 radical (unpaired) electrons. The normalized spacial score (nSPS) is 10.2. The average Bonchev–Trinajstić information content (AvgIpc) is 2.70. The van der Waals surface area contributed by atoms with Gasteiger partial charge in [-0.2, -0.15) is 0 Å². The lowest BCUT2D eigenvalue weighted by Gasteiger charge is -1.99. The number of carbonyl (C=O) groups excluding carboxylic acids is 1. The molecule has 0 fully saturated rings. The van der Waals surface area contributed by atoms with Gasteiger partial charge in [-0.1, -0.05) is 28.1 Å². The molecule has 2 rings (SSSR count). The summed E-state index contributed by atoms with van der Waals surface area (Å²) in [4.78, 5) is 11.8. The molecule has 0 unspecified atom stereocenters. The van der Waals surface area contributed by atoms with Crippen LogP contribution in [0.5, 0.6) is 0 Å². The zero-order valence-electron chi connectivity index (χ0n) is 7.94. The molecule has 0 aliphatic heterocycles. The van der Waals surface area contributed by atoms with Gasteiger partial charge in [-0.25, -0.2) is 0 Å². The fraction of sp³-hybridized carbons (Fsp3) is 0.0833. The van der Waals surface area contributed by atoms with Crippen molar-refractivity contribution < 1.29 is 9.21 Å². The van der Waals surface area contributed by atoms with Crippen molar-refractivity contribution in [3.8, 4) is 0 Å². The highest BCUT2D eigenvalue weighted by atomic mass is 79.9. The smallest absolute Gasteiger partial charge is 0.170 e. The first-order valence-corrected chi connectivity index (χ1v) is 5.36. The summed E-state index contributed by atoms with van der Waals surface area (Å²) in [6.07, 6.45) is 1.88. The fourth-order valence-electron chi connectivity index (χ4n) is 1.34. The van der Waals surface area contributed by atoms with Crippen molar-refractivity contribution in [2.45, 2.75) is 6.42 Å². The SMILES string of the molecule is O=C(Cc1ccco1)c1cccc(Br)c1. The molecular weight excluding hydrogens is 256 g/mol. The molecule has 0 saturated carbocycles. The standard InChI is InChI=1S/C12H9BrO2/c13-10-4-1-3-9(7-10)12(14)8-11-5-2-6-15-11/h1-7H,8H2. The molecular formula is C12H9BrO2. The van der Waals surface area contributed by atoms with Crippen molar-refractivity contribution in [2.75, 3.05) is 0 Å². The minimum Gasteiger partial charge on any atom is -0.469 e. The third-order valence-electron chi connectivity index (χ3n) is 2.06. The molecule has 3 heteroatoms. The van der Waals surface area contributed by atoms with Crippen LogP contribution in [0.25, 0.3) is 0 Å². The number of carbonyl (C=O) groups is 1. The van der Waals surface area contributed by atoms with E-state index in [0.29, 0.717) is 17.7 Å². The summed E-state index contributed by atoms with van der Waals surface area (Å²) in [5, 5.41) is 0. The predicted molar refractivity (Wildman–Crippen MR) is 60.9 cm³/mol. The highest BCUT2D eigenvalue weighted by molar-refractivity contribution is 9.10. The van der Waals surface area contributed by atoms with Gasteiger partial charge in [-0.15, -0.1) is 0 Å². The van der Waals surface area contributed by atoms with Gasteiger partial charge in [0.25, 0.3) is 0 Å². The van der Waals surface area contributed by atoms with E-state index in [9.17, 15) is 4.79 Å². The number of hydrogen-bond acceptors (Lipinski definition) is 2. The van der Waals surface area contributed by atoms with Crippen LogP contribution in [0.3, 0.4) is 0 Å². The van der Waals surface area contributed by atoms with Crippen LogP contribution in [0.4, 0.5) is 0 Å². The molecule has 15 heavy (non-hydrogen) atoms. The molecule has 0 saturated heterocycles. The average molecular weight is 265 g/mol. The van der Waals surface area contributed by atoms with E-state index >= 15 is 0 Å². The van der Waals surface area contributed by atoms with E-state index < -0.39 is 0 Å². The molecule has 0 bridgehead atoms. The Labute approximate surface area is 96.0 Å². The number of furan rings is 1. The van der Waals surface area contributed by atoms with Crippen LogP contribution >= 0.6 is 15.9 Å². The first-order chi connectivity index (χ1) is 7.25. The first-order valence-electron chi connectivity index (χ1n) is 4.57. The third-order valence-corrected chi connectivity index (χ3v) is 2.55. The molecule has 2 aromatic rings. The fourth-order valence-corrected chi connectivity index (χ4v) is 1.73. The number of hydrogen-bond donors (Lipinski definition) is 0. The van der Waals surface area contributed by atoms with Crippen molar-refractivity contribution in [3.05, 3.63) is 58.5 Å². The summed E-state index contributed by atoms with van der Waals surface area (Å²) in [6, 6.07) is 10.9. The topological polar surface area (TPSA) is 30.2 Å². The molecule has 2 nitrogen and oxygen atoms in total. The van der Waals surface area contributed by atoms with Crippen molar-refractivity contribution in [3.63, 3.8) is 0 Å². The summed E-state index contributed by atoms with van der Waals surface area (Å²) in [5.74, 6) is 0.756. The maximum Gasteiger partial charge on any atom is 0.170 e. The number of Topliss-reactive ketones (excluding diaryl/α,β-unsaturated/α-hetero) is 1. The molecule has 1 aromatic carbocycles. The molecule has 0 atom stereocenters. The lowest BCUT2D eigenvalue weighted by atomic mass is 10.1. The van der Waals surface area contributed by atoms with Crippen LogP contribution < -0.4 is 0 Å². The minimum absolute atomic E-state index is 0.0613. The largest absolute Gasteiger partial charge is 0.469 e. The van der Waals surface area contributed by atoms with Gasteiger partial charge in [0.15, 0.2) is 5.78 Å². The number of rotatable bonds is 3. The van der Waals surface area contributed by atoms with Crippen LogP contribution in [0.2, 0.25) is 0 Å². The second-order valence-corrected chi connectivity index (χ2v) is 4.11. The maximum absolute atomic E-state index is 11.8. The van der Waals surface area contributed by atoms with Crippen LogP contribution in [-0.4, -0.2) is 5.78 Å². The number of halogens is 1. The van der Waals surface area contributed by atoms with Crippen LogP contribution in [0.1, 0.15) is 16.1 Å². The molecule has 0 amide bonds. The molecule has 0 aliphatic rings. The number of ketones is 1. The summed E-state index contributed by atoms with van der Waals surface area (Å²) in [6.45, 7) is 0. The van der Waals surface area contributed by atoms with Crippen LogP contribution in [0, 0.1) is 0 Å². The maximum atomic E-state index is 11.8. The van der Waals surface area contributed by atoms with Crippen molar-refractivity contribution in [1.29, 1.82) is 0 Å².